The van der Waals surface area contributed by atoms with Gasteiger partial charge in [0.05, 0.1) is 17.4 Å². The Bertz CT molecular complexity index is 905. The summed E-state index contributed by atoms with van der Waals surface area (Å²) in [6.45, 7) is 6.05. The molecule has 22 heavy (non-hydrogen) atoms. The molecular weight excluding hydrogens is 395 g/mol. The molecule has 0 amide bonds. The van der Waals surface area contributed by atoms with Crippen LogP contribution >= 0.6 is 22.6 Å². The molecule has 0 N–H and O–H groups in total. The Morgan fingerprint density at radius 2 is 1.82 bits per heavy atom. The van der Waals surface area contributed by atoms with Crippen LogP contribution in [0.3, 0.4) is 0 Å². The van der Waals surface area contributed by atoms with Gasteiger partial charge in [0.25, 0.3) is 0 Å². The Labute approximate surface area is 141 Å². The van der Waals surface area contributed by atoms with Gasteiger partial charge in [-0.2, -0.15) is 0 Å². The van der Waals surface area contributed by atoms with Gasteiger partial charge in [0.15, 0.2) is 9.20 Å². The molecule has 0 saturated heterocycles. The second kappa shape index (κ2) is 5.79. The largest absolute Gasteiger partial charge is 0.493 e. The Morgan fingerprint density at radius 3 is 2.45 bits per heavy atom. The lowest BCUT2D eigenvalue weighted by Crippen LogP contribution is -1.96. The van der Waals surface area contributed by atoms with Gasteiger partial charge in [-0.25, -0.2) is 0 Å². The Morgan fingerprint density at radius 1 is 1.09 bits per heavy atom. The molecule has 0 saturated carbocycles. The van der Waals surface area contributed by atoms with Crippen molar-refractivity contribution in [3.8, 4) is 17.1 Å². The summed E-state index contributed by atoms with van der Waals surface area (Å²) in [5, 5.41) is 1.30. The summed E-state index contributed by atoms with van der Waals surface area (Å²) in [5.74, 6) is 2.57. The third-order valence-electron chi connectivity index (χ3n) is 3.48. The van der Waals surface area contributed by atoms with Crippen LogP contribution in [0.15, 0.2) is 37.9 Å². The fourth-order valence-corrected chi connectivity index (χ4v) is 3.04. The van der Waals surface area contributed by atoms with E-state index in [0.717, 1.165) is 9.15 Å². The predicted molar refractivity (Wildman–Crippen MR) is 93.5 cm³/mol. The molecule has 0 bridgehead atoms. The molecule has 0 unspecified atom stereocenters. The van der Waals surface area contributed by atoms with Gasteiger partial charge in [0, 0.05) is 5.56 Å². The summed E-state index contributed by atoms with van der Waals surface area (Å²) in [6, 6.07) is 7.12. The van der Waals surface area contributed by atoms with Crippen molar-refractivity contribution in [1.29, 1.82) is 0 Å². The lowest BCUT2D eigenvalue weighted by molar-refractivity contribution is 0.344. The van der Waals surface area contributed by atoms with E-state index < -0.39 is 0 Å². The minimum absolute atomic E-state index is 0.100. The normalized spacial score (nSPS) is 11.1. The number of rotatable bonds is 3. The van der Waals surface area contributed by atoms with Crippen molar-refractivity contribution < 1.29 is 13.6 Å². The Balaban J connectivity index is 2.41. The highest BCUT2D eigenvalue weighted by atomic mass is 127. The molecule has 4 nitrogen and oxygen atoms in total. The third-order valence-corrected chi connectivity index (χ3v) is 4.06. The molecule has 2 heterocycles. The first-order valence-electron chi connectivity index (χ1n) is 6.97. The number of hydrogen-bond acceptors (Lipinski definition) is 4. The Hall–Kier alpha value is -1.76. The second-order valence-corrected chi connectivity index (χ2v) is 6.04. The van der Waals surface area contributed by atoms with Crippen molar-refractivity contribution in [1.82, 2.24) is 0 Å². The van der Waals surface area contributed by atoms with Crippen LogP contribution in [-0.2, 0) is 0 Å². The molecule has 2 aromatic heterocycles. The summed E-state index contributed by atoms with van der Waals surface area (Å²) in [7, 11) is 0. The van der Waals surface area contributed by atoms with Crippen LogP contribution in [0.2, 0.25) is 0 Å². The van der Waals surface area contributed by atoms with Crippen molar-refractivity contribution in [2.45, 2.75) is 20.8 Å². The quantitative estimate of drug-likeness (QED) is 0.589. The summed E-state index contributed by atoms with van der Waals surface area (Å²) < 4.78 is 17.8. The summed E-state index contributed by atoms with van der Waals surface area (Å²) in [4.78, 5) is 12.6. The highest BCUT2D eigenvalue weighted by Gasteiger charge is 2.16. The van der Waals surface area contributed by atoms with Gasteiger partial charge < -0.3 is 13.6 Å². The SMILES string of the molecule is CCOc1cc(-c2ccc(I)o2)cc(=O)c2c(C)oc(C)c12. The Kier molecular flexibility index (Phi) is 3.99. The van der Waals surface area contributed by atoms with E-state index in [4.69, 9.17) is 13.6 Å². The van der Waals surface area contributed by atoms with Gasteiger partial charge in [0.2, 0.25) is 0 Å². The number of halogens is 1. The van der Waals surface area contributed by atoms with E-state index in [2.05, 4.69) is 22.6 Å². The molecule has 3 rings (SSSR count). The average Bonchev–Trinajstić information content (AvgIpc) is 2.96. The van der Waals surface area contributed by atoms with Gasteiger partial charge in [-0.05, 0) is 67.6 Å². The highest BCUT2D eigenvalue weighted by Crippen LogP contribution is 2.33. The lowest BCUT2D eigenvalue weighted by Gasteiger charge is -2.02. The molecule has 0 radical (unpaired) electrons. The van der Waals surface area contributed by atoms with Crippen LogP contribution in [0.4, 0.5) is 0 Å². The lowest BCUT2D eigenvalue weighted by atomic mass is 10.2. The number of hydrogen-bond donors (Lipinski definition) is 0. The van der Waals surface area contributed by atoms with E-state index >= 15 is 0 Å². The summed E-state index contributed by atoms with van der Waals surface area (Å²) >= 11 is 2.10. The van der Waals surface area contributed by atoms with Crippen LogP contribution in [0, 0.1) is 17.6 Å². The van der Waals surface area contributed by atoms with Crippen molar-refractivity contribution in [2.24, 2.45) is 0 Å². The maximum atomic E-state index is 12.6. The predicted octanol–water partition coefficient (Wildman–Crippen LogP) is 4.67. The van der Waals surface area contributed by atoms with Crippen molar-refractivity contribution in [2.75, 3.05) is 6.61 Å². The molecule has 3 aromatic rings. The number of ether oxygens (including phenoxy) is 1. The van der Waals surface area contributed by atoms with Gasteiger partial charge >= 0.3 is 0 Å². The summed E-state index contributed by atoms with van der Waals surface area (Å²) in [5.41, 5.74) is 0.600. The van der Waals surface area contributed by atoms with E-state index in [0.29, 0.717) is 40.6 Å². The van der Waals surface area contributed by atoms with Gasteiger partial charge in [-0.3, -0.25) is 4.79 Å². The fraction of sp³-hybridized carbons (Fsp3) is 0.235. The van der Waals surface area contributed by atoms with Crippen LogP contribution < -0.4 is 10.2 Å². The van der Waals surface area contributed by atoms with Gasteiger partial charge in [-0.15, -0.1) is 0 Å². The van der Waals surface area contributed by atoms with E-state index in [9.17, 15) is 4.79 Å². The maximum Gasteiger partial charge on any atom is 0.190 e. The smallest absolute Gasteiger partial charge is 0.190 e. The molecule has 5 heteroatoms. The molecule has 0 fully saturated rings. The molecule has 0 aliphatic heterocycles. The zero-order valence-corrected chi connectivity index (χ0v) is 14.7. The zero-order chi connectivity index (χ0) is 15.9. The minimum Gasteiger partial charge on any atom is -0.493 e. The molecule has 0 aliphatic carbocycles. The molecule has 114 valence electrons. The number of aryl methyl sites for hydroxylation is 2. The van der Waals surface area contributed by atoms with E-state index in [1.165, 1.54) is 0 Å². The third kappa shape index (κ3) is 2.54. The first kappa shape index (κ1) is 15.1. The molecule has 1 aromatic carbocycles. The van der Waals surface area contributed by atoms with Crippen LogP contribution in [0.1, 0.15) is 18.4 Å². The topological polar surface area (TPSA) is 52.6 Å². The molecular formula is C17H15IO4. The molecule has 0 aliphatic rings. The van der Waals surface area contributed by atoms with Gasteiger partial charge in [0.1, 0.15) is 23.0 Å². The zero-order valence-electron chi connectivity index (χ0n) is 12.5. The number of furan rings is 2. The summed E-state index contributed by atoms with van der Waals surface area (Å²) in [6.07, 6.45) is 0. The van der Waals surface area contributed by atoms with Crippen molar-refractivity contribution in [3.05, 3.63) is 49.8 Å². The van der Waals surface area contributed by atoms with Gasteiger partial charge in [-0.1, -0.05) is 0 Å². The fourth-order valence-electron chi connectivity index (χ4n) is 2.63. The first-order chi connectivity index (χ1) is 10.5. The van der Waals surface area contributed by atoms with Crippen LogP contribution in [0.5, 0.6) is 5.75 Å². The monoisotopic (exact) mass is 410 g/mol. The average molecular weight is 410 g/mol. The van der Waals surface area contributed by atoms with Crippen LogP contribution in [-0.4, -0.2) is 6.61 Å². The van der Waals surface area contributed by atoms with Crippen LogP contribution in [0.25, 0.3) is 22.1 Å². The first-order valence-corrected chi connectivity index (χ1v) is 8.05. The highest BCUT2D eigenvalue weighted by molar-refractivity contribution is 14.1. The molecule has 0 atom stereocenters. The van der Waals surface area contributed by atoms with E-state index in [-0.39, 0.29) is 5.43 Å². The van der Waals surface area contributed by atoms with Crippen molar-refractivity contribution >= 4 is 33.4 Å². The number of fused-ring (bicyclic) bond motifs is 1. The van der Waals surface area contributed by atoms with Crippen molar-refractivity contribution in [3.63, 3.8) is 0 Å². The van der Waals surface area contributed by atoms with E-state index in [1.807, 2.05) is 32.0 Å². The second-order valence-electron chi connectivity index (χ2n) is 4.97. The maximum absolute atomic E-state index is 12.6. The standard InChI is InChI=1S/C17H15IO4/c1-4-20-14-8-11(13-5-6-15(18)22-13)7-12(19)16-9(2)21-10(3)17(14)16/h5-8H,4H2,1-3H3. The van der Waals surface area contributed by atoms with E-state index in [1.54, 1.807) is 13.0 Å². The molecule has 0 spiro atoms. The minimum atomic E-state index is -0.100.